The van der Waals surface area contributed by atoms with Gasteiger partial charge < -0.3 is 4.74 Å². The zero-order chi connectivity index (χ0) is 11.4. The van der Waals surface area contributed by atoms with Crippen molar-refractivity contribution >= 4 is 0 Å². The smallest absolute Gasteiger partial charge is 0.264 e. The molecule has 4 heteroatoms. The lowest BCUT2D eigenvalue weighted by atomic mass is 10.1. The Morgan fingerprint density at radius 2 is 2.19 bits per heavy atom. The quantitative estimate of drug-likeness (QED) is 0.851. The number of ether oxygens (including phenoxy) is 1. The Labute approximate surface area is 92.9 Å². The second kappa shape index (κ2) is 4.61. The first-order valence-electron chi connectivity index (χ1n) is 5.07. The molecule has 2 rings (SSSR count). The summed E-state index contributed by atoms with van der Waals surface area (Å²) >= 11 is 0. The number of aromatic amines is 1. The molecular weight excluding hydrogens is 204 g/mol. The molecule has 0 aliphatic carbocycles. The van der Waals surface area contributed by atoms with Gasteiger partial charge in [0.25, 0.3) is 5.56 Å². The number of rotatable bonds is 3. The average Bonchev–Trinajstić information content (AvgIpc) is 2.30. The maximum atomic E-state index is 11.1. The van der Waals surface area contributed by atoms with Crippen molar-refractivity contribution < 1.29 is 4.74 Å². The van der Waals surface area contributed by atoms with E-state index >= 15 is 0 Å². The van der Waals surface area contributed by atoms with Gasteiger partial charge in [-0.3, -0.25) is 4.79 Å². The molecule has 4 nitrogen and oxygen atoms in total. The van der Waals surface area contributed by atoms with Crippen molar-refractivity contribution in [2.75, 3.05) is 6.61 Å². The summed E-state index contributed by atoms with van der Waals surface area (Å²) in [6, 6.07) is 9.09. The molecule has 1 aromatic heterocycles. The number of nitrogens with zero attached hydrogens (tertiary/aromatic N) is 1. The van der Waals surface area contributed by atoms with E-state index in [0.29, 0.717) is 6.61 Å². The van der Waals surface area contributed by atoms with Crippen LogP contribution in [0.5, 0.6) is 5.75 Å². The van der Waals surface area contributed by atoms with Crippen LogP contribution in [0.1, 0.15) is 6.92 Å². The Morgan fingerprint density at radius 3 is 2.94 bits per heavy atom. The van der Waals surface area contributed by atoms with Gasteiger partial charge in [0.15, 0.2) is 0 Å². The Balaban J connectivity index is 2.40. The maximum absolute atomic E-state index is 11.1. The fourth-order valence-electron chi connectivity index (χ4n) is 1.47. The predicted octanol–water partition coefficient (Wildman–Crippen LogP) is 1.84. The fraction of sp³-hybridized carbons (Fsp3) is 0.167. The largest absolute Gasteiger partial charge is 0.494 e. The van der Waals surface area contributed by atoms with Gasteiger partial charge in [-0.25, -0.2) is 5.10 Å². The number of hydrogen-bond acceptors (Lipinski definition) is 3. The number of aromatic nitrogens is 2. The first-order chi connectivity index (χ1) is 7.79. The summed E-state index contributed by atoms with van der Waals surface area (Å²) in [6.45, 7) is 2.55. The van der Waals surface area contributed by atoms with Gasteiger partial charge in [-0.1, -0.05) is 12.1 Å². The lowest BCUT2D eigenvalue weighted by Crippen LogP contribution is -2.05. The van der Waals surface area contributed by atoms with Crippen molar-refractivity contribution in [3.05, 3.63) is 46.9 Å². The third-order valence-electron chi connectivity index (χ3n) is 2.14. The van der Waals surface area contributed by atoms with E-state index in [1.807, 2.05) is 31.2 Å². The number of nitrogens with one attached hydrogen (secondary N) is 1. The molecular formula is C12H12N2O2. The summed E-state index contributed by atoms with van der Waals surface area (Å²) in [5.74, 6) is 0.792. The molecule has 0 aliphatic rings. The molecule has 16 heavy (non-hydrogen) atoms. The Morgan fingerprint density at radius 1 is 1.31 bits per heavy atom. The van der Waals surface area contributed by atoms with E-state index in [-0.39, 0.29) is 5.56 Å². The van der Waals surface area contributed by atoms with Crippen LogP contribution in [0.4, 0.5) is 0 Å². The van der Waals surface area contributed by atoms with Crippen LogP contribution in [-0.4, -0.2) is 16.8 Å². The van der Waals surface area contributed by atoms with Crippen LogP contribution in [0.15, 0.2) is 41.3 Å². The van der Waals surface area contributed by atoms with Crippen LogP contribution < -0.4 is 10.3 Å². The third-order valence-corrected chi connectivity index (χ3v) is 2.14. The molecule has 1 N–H and O–H groups in total. The van der Waals surface area contributed by atoms with Crippen LogP contribution >= 0.6 is 0 Å². The van der Waals surface area contributed by atoms with Crippen LogP contribution in [0, 0.1) is 0 Å². The van der Waals surface area contributed by atoms with Crippen LogP contribution in [0.3, 0.4) is 0 Å². The summed E-state index contributed by atoms with van der Waals surface area (Å²) < 4.78 is 5.39. The Hall–Kier alpha value is -2.10. The van der Waals surface area contributed by atoms with Crippen molar-refractivity contribution in [1.82, 2.24) is 10.2 Å². The molecule has 0 unspecified atom stereocenters. The number of benzene rings is 1. The zero-order valence-electron chi connectivity index (χ0n) is 8.93. The van der Waals surface area contributed by atoms with Crippen LogP contribution in [0.25, 0.3) is 11.1 Å². The van der Waals surface area contributed by atoms with Crippen LogP contribution in [-0.2, 0) is 0 Å². The number of H-pyrrole nitrogens is 1. The summed E-state index contributed by atoms with van der Waals surface area (Å²) in [7, 11) is 0. The lowest BCUT2D eigenvalue weighted by Gasteiger charge is -2.05. The minimum atomic E-state index is -0.209. The highest BCUT2D eigenvalue weighted by Crippen LogP contribution is 2.21. The van der Waals surface area contributed by atoms with Gasteiger partial charge in [-0.15, -0.1) is 0 Å². The summed E-state index contributed by atoms with van der Waals surface area (Å²) in [4.78, 5) is 11.1. The van der Waals surface area contributed by atoms with Crippen molar-refractivity contribution in [2.24, 2.45) is 0 Å². The second-order valence-electron chi connectivity index (χ2n) is 3.29. The summed E-state index contributed by atoms with van der Waals surface area (Å²) in [6.07, 6.45) is 1.62. The van der Waals surface area contributed by atoms with E-state index in [4.69, 9.17) is 4.74 Å². The van der Waals surface area contributed by atoms with Gasteiger partial charge >= 0.3 is 0 Å². The fourth-order valence-corrected chi connectivity index (χ4v) is 1.47. The molecule has 0 aliphatic heterocycles. The van der Waals surface area contributed by atoms with E-state index in [9.17, 15) is 4.79 Å². The van der Waals surface area contributed by atoms with Crippen molar-refractivity contribution in [3.63, 3.8) is 0 Å². The molecule has 1 aromatic carbocycles. The molecule has 0 spiro atoms. The van der Waals surface area contributed by atoms with Crippen molar-refractivity contribution in [3.8, 4) is 16.9 Å². The first kappa shape index (κ1) is 10.4. The second-order valence-corrected chi connectivity index (χ2v) is 3.29. The SMILES string of the molecule is CCOc1cccc(-c2cn[nH]c(=O)c2)c1. The van der Waals surface area contributed by atoms with E-state index < -0.39 is 0 Å². The molecule has 2 aromatic rings. The lowest BCUT2D eigenvalue weighted by molar-refractivity contribution is 0.340. The van der Waals surface area contributed by atoms with Crippen LogP contribution in [0.2, 0.25) is 0 Å². The van der Waals surface area contributed by atoms with E-state index in [1.165, 1.54) is 6.07 Å². The molecule has 0 amide bonds. The van der Waals surface area contributed by atoms with Gasteiger partial charge in [-0.2, -0.15) is 5.10 Å². The molecule has 0 atom stereocenters. The highest BCUT2D eigenvalue weighted by molar-refractivity contribution is 5.63. The molecule has 0 saturated heterocycles. The van der Waals surface area contributed by atoms with Gasteiger partial charge in [0.2, 0.25) is 0 Å². The normalized spacial score (nSPS) is 10.1. The van der Waals surface area contributed by atoms with Gasteiger partial charge in [0.1, 0.15) is 5.75 Å². The van der Waals surface area contributed by atoms with E-state index in [2.05, 4.69) is 10.2 Å². The first-order valence-corrected chi connectivity index (χ1v) is 5.07. The molecule has 82 valence electrons. The molecule has 1 heterocycles. The zero-order valence-corrected chi connectivity index (χ0v) is 8.93. The molecule has 0 bridgehead atoms. The van der Waals surface area contributed by atoms with Gasteiger partial charge in [0.05, 0.1) is 12.8 Å². The molecule has 0 fully saturated rings. The highest BCUT2D eigenvalue weighted by atomic mass is 16.5. The standard InChI is InChI=1S/C12H12N2O2/c1-2-16-11-5-3-4-9(6-11)10-7-12(15)14-13-8-10/h3-8H,2H2,1H3,(H,14,15). The minimum Gasteiger partial charge on any atom is -0.494 e. The maximum Gasteiger partial charge on any atom is 0.264 e. The van der Waals surface area contributed by atoms with E-state index in [0.717, 1.165) is 16.9 Å². The molecule has 0 radical (unpaired) electrons. The Bertz CT molecular complexity index is 534. The summed E-state index contributed by atoms with van der Waals surface area (Å²) in [5.41, 5.74) is 1.49. The minimum absolute atomic E-state index is 0.209. The van der Waals surface area contributed by atoms with Gasteiger partial charge in [0, 0.05) is 11.6 Å². The predicted molar refractivity (Wildman–Crippen MR) is 61.5 cm³/mol. The van der Waals surface area contributed by atoms with Crippen molar-refractivity contribution in [1.29, 1.82) is 0 Å². The summed E-state index contributed by atoms with van der Waals surface area (Å²) in [5, 5.41) is 6.10. The monoisotopic (exact) mass is 216 g/mol. The van der Waals surface area contributed by atoms with E-state index in [1.54, 1.807) is 6.20 Å². The third kappa shape index (κ3) is 2.28. The van der Waals surface area contributed by atoms with Crippen molar-refractivity contribution in [2.45, 2.75) is 6.92 Å². The highest BCUT2D eigenvalue weighted by Gasteiger charge is 2.00. The molecule has 0 saturated carbocycles. The Kier molecular flexibility index (Phi) is 3.00. The topological polar surface area (TPSA) is 55.0 Å². The average molecular weight is 216 g/mol. The number of hydrogen-bond donors (Lipinski definition) is 1. The van der Waals surface area contributed by atoms with Gasteiger partial charge in [-0.05, 0) is 24.6 Å².